The third-order valence-electron chi connectivity index (χ3n) is 3.62. The molecule has 0 saturated carbocycles. The lowest BCUT2D eigenvalue weighted by atomic mass is 10.0. The largest absolute Gasteiger partial charge is 0.419 e. The van der Waals surface area contributed by atoms with Gasteiger partial charge in [-0.15, -0.1) is 10.2 Å². The summed E-state index contributed by atoms with van der Waals surface area (Å²) in [5.74, 6) is 1.24. The van der Waals surface area contributed by atoms with Crippen LogP contribution in [0.5, 0.6) is 0 Å². The van der Waals surface area contributed by atoms with Crippen LogP contribution in [0, 0.1) is 0 Å². The SMILES string of the molecule is CCNC(CC)c1nnc(-c2cccc3ccccc23)o1. The Balaban J connectivity index is 2.02. The topological polar surface area (TPSA) is 51.0 Å². The van der Waals surface area contributed by atoms with Gasteiger partial charge in [-0.05, 0) is 29.8 Å². The van der Waals surface area contributed by atoms with Crippen LogP contribution in [-0.4, -0.2) is 16.7 Å². The van der Waals surface area contributed by atoms with E-state index in [0.29, 0.717) is 11.8 Å². The molecule has 4 heteroatoms. The van der Waals surface area contributed by atoms with E-state index in [0.717, 1.165) is 23.9 Å². The number of fused-ring (bicyclic) bond motifs is 1. The summed E-state index contributed by atoms with van der Waals surface area (Å²) < 4.78 is 5.90. The van der Waals surface area contributed by atoms with E-state index in [2.05, 4.69) is 47.6 Å². The number of hydrogen-bond acceptors (Lipinski definition) is 4. The normalized spacial score (nSPS) is 12.7. The molecule has 3 aromatic rings. The van der Waals surface area contributed by atoms with E-state index in [1.54, 1.807) is 0 Å². The zero-order chi connectivity index (χ0) is 14.7. The number of rotatable bonds is 5. The summed E-state index contributed by atoms with van der Waals surface area (Å²) in [6, 6.07) is 14.5. The molecule has 1 unspecified atom stereocenters. The van der Waals surface area contributed by atoms with E-state index in [4.69, 9.17) is 4.42 Å². The molecule has 0 saturated heterocycles. The van der Waals surface area contributed by atoms with E-state index >= 15 is 0 Å². The van der Waals surface area contributed by atoms with Crippen LogP contribution in [0.3, 0.4) is 0 Å². The Hall–Kier alpha value is -2.20. The van der Waals surface area contributed by atoms with Crippen LogP contribution in [0.2, 0.25) is 0 Å². The first-order valence-corrected chi connectivity index (χ1v) is 7.38. The van der Waals surface area contributed by atoms with Crippen molar-refractivity contribution in [2.24, 2.45) is 0 Å². The molecule has 2 aromatic carbocycles. The van der Waals surface area contributed by atoms with Gasteiger partial charge in [-0.2, -0.15) is 0 Å². The maximum atomic E-state index is 5.90. The van der Waals surface area contributed by atoms with Gasteiger partial charge in [-0.3, -0.25) is 0 Å². The van der Waals surface area contributed by atoms with Crippen LogP contribution in [0.4, 0.5) is 0 Å². The molecule has 1 N–H and O–H groups in total. The monoisotopic (exact) mass is 281 g/mol. The van der Waals surface area contributed by atoms with Gasteiger partial charge < -0.3 is 9.73 Å². The van der Waals surface area contributed by atoms with Gasteiger partial charge in [0.2, 0.25) is 11.8 Å². The van der Waals surface area contributed by atoms with Gasteiger partial charge in [0.25, 0.3) is 0 Å². The molecule has 0 fully saturated rings. The summed E-state index contributed by atoms with van der Waals surface area (Å²) in [6.07, 6.45) is 0.922. The van der Waals surface area contributed by atoms with E-state index in [9.17, 15) is 0 Å². The zero-order valence-electron chi connectivity index (χ0n) is 12.3. The number of hydrogen-bond donors (Lipinski definition) is 1. The maximum Gasteiger partial charge on any atom is 0.248 e. The van der Waals surface area contributed by atoms with Crippen LogP contribution in [0.15, 0.2) is 46.9 Å². The molecule has 3 rings (SSSR count). The third kappa shape index (κ3) is 2.67. The zero-order valence-corrected chi connectivity index (χ0v) is 12.3. The molecule has 0 aliphatic heterocycles. The molecule has 0 spiro atoms. The lowest BCUT2D eigenvalue weighted by molar-refractivity contribution is 0.402. The number of aromatic nitrogens is 2. The van der Waals surface area contributed by atoms with E-state index in [1.165, 1.54) is 5.39 Å². The molecule has 0 aliphatic rings. The highest BCUT2D eigenvalue weighted by Gasteiger charge is 2.17. The Morgan fingerprint density at radius 2 is 1.86 bits per heavy atom. The van der Waals surface area contributed by atoms with Gasteiger partial charge in [-0.25, -0.2) is 0 Å². The van der Waals surface area contributed by atoms with Gasteiger partial charge >= 0.3 is 0 Å². The molecule has 0 aliphatic carbocycles. The van der Waals surface area contributed by atoms with Crippen molar-refractivity contribution in [1.29, 1.82) is 0 Å². The third-order valence-corrected chi connectivity index (χ3v) is 3.62. The Morgan fingerprint density at radius 1 is 1.05 bits per heavy atom. The molecule has 4 nitrogen and oxygen atoms in total. The summed E-state index contributed by atoms with van der Waals surface area (Å²) in [7, 11) is 0. The van der Waals surface area contributed by atoms with Gasteiger partial charge in [0.05, 0.1) is 6.04 Å². The van der Waals surface area contributed by atoms with Crippen molar-refractivity contribution >= 4 is 10.8 Å². The van der Waals surface area contributed by atoms with Crippen molar-refractivity contribution in [3.8, 4) is 11.5 Å². The van der Waals surface area contributed by atoms with Crippen molar-refractivity contribution in [1.82, 2.24) is 15.5 Å². The Labute approximate surface area is 124 Å². The highest BCUT2D eigenvalue weighted by atomic mass is 16.4. The molecule has 0 radical (unpaired) electrons. The molecule has 0 amide bonds. The fourth-order valence-corrected chi connectivity index (χ4v) is 2.55. The van der Waals surface area contributed by atoms with Crippen LogP contribution in [0.25, 0.3) is 22.2 Å². The molecule has 0 bridgehead atoms. The minimum atomic E-state index is 0.117. The van der Waals surface area contributed by atoms with Gasteiger partial charge in [0.1, 0.15) is 0 Å². The maximum absolute atomic E-state index is 5.90. The second-order valence-corrected chi connectivity index (χ2v) is 4.99. The predicted molar refractivity (Wildman–Crippen MR) is 83.9 cm³/mol. The fourth-order valence-electron chi connectivity index (χ4n) is 2.55. The van der Waals surface area contributed by atoms with E-state index in [-0.39, 0.29) is 6.04 Å². The summed E-state index contributed by atoms with van der Waals surface area (Å²) in [5.41, 5.74) is 0.984. The molecule has 1 atom stereocenters. The summed E-state index contributed by atoms with van der Waals surface area (Å²) >= 11 is 0. The first-order valence-electron chi connectivity index (χ1n) is 7.38. The Morgan fingerprint density at radius 3 is 2.67 bits per heavy atom. The minimum Gasteiger partial charge on any atom is -0.419 e. The van der Waals surface area contributed by atoms with Crippen LogP contribution in [-0.2, 0) is 0 Å². The lowest BCUT2D eigenvalue weighted by Crippen LogP contribution is -2.20. The molecule has 21 heavy (non-hydrogen) atoms. The van der Waals surface area contributed by atoms with Gasteiger partial charge in [0.15, 0.2) is 0 Å². The molecular formula is C17H19N3O. The first-order chi connectivity index (χ1) is 10.3. The summed E-state index contributed by atoms with van der Waals surface area (Å²) in [5, 5.41) is 14.1. The van der Waals surface area contributed by atoms with Crippen molar-refractivity contribution in [2.75, 3.05) is 6.54 Å². The van der Waals surface area contributed by atoms with Crippen molar-refractivity contribution in [3.63, 3.8) is 0 Å². The second kappa shape index (κ2) is 6.06. The van der Waals surface area contributed by atoms with Crippen molar-refractivity contribution in [2.45, 2.75) is 26.3 Å². The van der Waals surface area contributed by atoms with E-state index < -0.39 is 0 Å². The van der Waals surface area contributed by atoms with Crippen LogP contribution < -0.4 is 5.32 Å². The molecule has 1 aromatic heterocycles. The van der Waals surface area contributed by atoms with Gasteiger partial charge in [0, 0.05) is 5.56 Å². The molecule has 1 heterocycles. The number of nitrogens with zero attached hydrogens (tertiary/aromatic N) is 2. The average molecular weight is 281 g/mol. The minimum absolute atomic E-state index is 0.117. The van der Waals surface area contributed by atoms with Crippen LogP contribution >= 0.6 is 0 Å². The average Bonchev–Trinajstić information content (AvgIpc) is 3.01. The van der Waals surface area contributed by atoms with Crippen molar-refractivity contribution < 1.29 is 4.42 Å². The van der Waals surface area contributed by atoms with Crippen molar-refractivity contribution in [3.05, 3.63) is 48.4 Å². The van der Waals surface area contributed by atoms with Crippen LogP contribution in [0.1, 0.15) is 32.2 Å². The van der Waals surface area contributed by atoms with Gasteiger partial charge in [-0.1, -0.05) is 50.2 Å². The summed E-state index contributed by atoms with van der Waals surface area (Å²) in [6.45, 7) is 5.06. The predicted octanol–water partition coefficient (Wildman–Crippen LogP) is 3.95. The fraction of sp³-hybridized carbons (Fsp3) is 0.294. The molecule has 108 valence electrons. The standard InChI is InChI=1S/C17H19N3O/c1-3-15(18-4-2)17-20-19-16(21-17)14-11-7-9-12-8-5-6-10-13(12)14/h5-11,15,18H,3-4H2,1-2H3. The Kier molecular flexibility index (Phi) is 3.97. The highest BCUT2D eigenvalue weighted by molar-refractivity contribution is 5.94. The quantitative estimate of drug-likeness (QED) is 0.769. The summed E-state index contributed by atoms with van der Waals surface area (Å²) in [4.78, 5) is 0. The highest BCUT2D eigenvalue weighted by Crippen LogP contribution is 2.28. The van der Waals surface area contributed by atoms with E-state index in [1.807, 2.05) is 24.3 Å². The second-order valence-electron chi connectivity index (χ2n) is 4.99. The number of nitrogens with one attached hydrogen (secondary N) is 1. The lowest BCUT2D eigenvalue weighted by Gasteiger charge is -2.10. The number of benzene rings is 2. The molecular weight excluding hydrogens is 262 g/mol. The smallest absolute Gasteiger partial charge is 0.248 e. The first kappa shape index (κ1) is 13.8. The Bertz CT molecular complexity index is 730.